The predicted molar refractivity (Wildman–Crippen MR) is 38.4 cm³/mol. The van der Waals surface area contributed by atoms with E-state index in [4.69, 9.17) is 4.74 Å². The second-order valence-electron chi connectivity index (χ2n) is 3.03. The van der Waals surface area contributed by atoms with E-state index in [-0.39, 0.29) is 0 Å². The van der Waals surface area contributed by atoms with E-state index < -0.39 is 0 Å². The van der Waals surface area contributed by atoms with Crippen LogP contribution in [0.15, 0.2) is 0 Å². The highest BCUT2D eigenvalue weighted by molar-refractivity contribution is 4.66. The number of hydrogen-bond acceptors (Lipinski definition) is 1. The highest BCUT2D eigenvalue weighted by Gasteiger charge is 2.16. The van der Waals surface area contributed by atoms with Crippen LogP contribution < -0.4 is 0 Å². The van der Waals surface area contributed by atoms with Crippen molar-refractivity contribution in [2.24, 2.45) is 5.92 Å². The lowest BCUT2D eigenvalue weighted by atomic mass is 9.97. The average molecular weight is 128 g/mol. The first-order valence-electron chi connectivity index (χ1n) is 3.94. The summed E-state index contributed by atoms with van der Waals surface area (Å²) in [6.07, 6.45) is 4.28. The molecule has 0 aromatic rings. The summed E-state index contributed by atoms with van der Waals surface area (Å²) in [5.41, 5.74) is 0. The van der Waals surface area contributed by atoms with Crippen LogP contribution in [-0.2, 0) is 4.74 Å². The topological polar surface area (TPSA) is 9.23 Å². The van der Waals surface area contributed by atoms with Gasteiger partial charge in [0.05, 0.1) is 6.10 Å². The van der Waals surface area contributed by atoms with E-state index in [1.807, 2.05) is 0 Å². The Bertz CT molecular complexity index is 80.6. The minimum atomic E-state index is 0.564. The molecule has 1 aliphatic heterocycles. The molecule has 0 aromatic heterocycles. The molecule has 1 fully saturated rings. The van der Waals surface area contributed by atoms with E-state index >= 15 is 0 Å². The van der Waals surface area contributed by atoms with Crippen LogP contribution in [0.1, 0.15) is 33.1 Å². The molecule has 0 bridgehead atoms. The van der Waals surface area contributed by atoms with Crippen LogP contribution in [0.2, 0.25) is 0 Å². The van der Waals surface area contributed by atoms with E-state index in [1.165, 1.54) is 19.3 Å². The highest BCUT2D eigenvalue weighted by Crippen LogP contribution is 2.20. The fourth-order valence-electron chi connectivity index (χ4n) is 1.36. The standard InChI is InChI=1S/C8H16O/c1-3-8-6-7(2)4-5-9-8/h7-8H,3-6H2,1-2H3/t7-,8+/m0/s1. The molecule has 0 N–H and O–H groups in total. The van der Waals surface area contributed by atoms with Gasteiger partial charge in [-0.05, 0) is 25.2 Å². The average Bonchev–Trinajstić information content (AvgIpc) is 1.88. The van der Waals surface area contributed by atoms with Gasteiger partial charge in [-0.25, -0.2) is 0 Å². The molecule has 0 saturated carbocycles. The van der Waals surface area contributed by atoms with Crippen molar-refractivity contribution < 1.29 is 4.74 Å². The van der Waals surface area contributed by atoms with Gasteiger partial charge in [0, 0.05) is 6.61 Å². The third-order valence-corrected chi connectivity index (χ3v) is 2.08. The van der Waals surface area contributed by atoms with Gasteiger partial charge in [-0.2, -0.15) is 0 Å². The Morgan fingerprint density at radius 1 is 1.56 bits per heavy atom. The zero-order chi connectivity index (χ0) is 6.69. The first kappa shape index (κ1) is 7.07. The van der Waals surface area contributed by atoms with Crippen LogP contribution in [0.25, 0.3) is 0 Å². The van der Waals surface area contributed by atoms with E-state index in [0.717, 1.165) is 12.5 Å². The fourth-order valence-corrected chi connectivity index (χ4v) is 1.36. The summed E-state index contributed by atoms with van der Waals surface area (Å²) in [4.78, 5) is 0. The summed E-state index contributed by atoms with van der Waals surface area (Å²) in [6.45, 7) is 5.49. The molecule has 1 heterocycles. The maximum atomic E-state index is 5.50. The third-order valence-electron chi connectivity index (χ3n) is 2.08. The van der Waals surface area contributed by atoms with Crippen molar-refractivity contribution in [3.05, 3.63) is 0 Å². The summed E-state index contributed by atoms with van der Waals surface area (Å²) < 4.78 is 5.50. The molecule has 1 saturated heterocycles. The molecule has 1 heteroatoms. The summed E-state index contributed by atoms with van der Waals surface area (Å²) in [5.74, 6) is 0.892. The Morgan fingerprint density at radius 3 is 2.78 bits per heavy atom. The maximum Gasteiger partial charge on any atom is 0.0575 e. The lowest BCUT2D eigenvalue weighted by Gasteiger charge is -2.26. The highest BCUT2D eigenvalue weighted by atomic mass is 16.5. The first-order chi connectivity index (χ1) is 4.33. The van der Waals surface area contributed by atoms with Crippen molar-refractivity contribution in [2.45, 2.75) is 39.2 Å². The van der Waals surface area contributed by atoms with Gasteiger partial charge in [-0.1, -0.05) is 13.8 Å². The van der Waals surface area contributed by atoms with Crippen LogP contribution >= 0.6 is 0 Å². The van der Waals surface area contributed by atoms with Gasteiger partial charge in [0.15, 0.2) is 0 Å². The van der Waals surface area contributed by atoms with Gasteiger partial charge in [0.2, 0.25) is 0 Å². The Kier molecular flexibility index (Phi) is 2.52. The molecule has 0 aliphatic carbocycles. The maximum absolute atomic E-state index is 5.50. The molecule has 1 rings (SSSR count). The van der Waals surface area contributed by atoms with Crippen LogP contribution in [0.5, 0.6) is 0 Å². The second-order valence-corrected chi connectivity index (χ2v) is 3.03. The SMILES string of the molecule is CC[C@@H]1C[C@@H](C)CCO1. The monoisotopic (exact) mass is 128 g/mol. The summed E-state index contributed by atoms with van der Waals surface area (Å²) in [6, 6.07) is 0. The lowest BCUT2D eigenvalue weighted by Crippen LogP contribution is -2.23. The van der Waals surface area contributed by atoms with E-state index in [1.54, 1.807) is 0 Å². The van der Waals surface area contributed by atoms with Gasteiger partial charge in [0.1, 0.15) is 0 Å². The largest absolute Gasteiger partial charge is 0.378 e. The summed E-state index contributed by atoms with van der Waals surface area (Å²) >= 11 is 0. The van der Waals surface area contributed by atoms with Crippen LogP contribution in [0.3, 0.4) is 0 Å². The van der Waals surface area contributed by atoms with Gasteiger partial charge in [0.25, 0.3) is 0 Å². The minimum absolute atomic E-state index is 0.564. The van der Waals surface area contributed by atoms with Crippen molar-refractivity contribution in [3.63, 3.8) is 0 Å². The number of ether oxygens (including phenoxy) is 1. The Hall–Kier alpha value is -0.0400. The van der Waals surface area contributed by atoms with Crippen molar-refractivity contribution in [1.29, 1.82) is 0 Å². The van der Waals surface area contributed by atoms with E-state index in [2.05, 4.69) is 13.8 Å². The van der Waals surface area contributed by atoms with E-state index in [9.17, 15) is 0 Å². The molecule has 9 heavy (non-hydrogen) atoms. The molecular formula is C8H16O. The zero-order valence-corrected chi connectivity index (χ0v) is 6.39. The summed E-state index contributed by atoms with van der Waals surface area (Å²) in [7, 11) is 0. The van der Waals surface area contributed by atoms with Crippen LogP contribution in [0, 0.1) is 5.92 Å². The summed E-state index contributed by atoms with van der Waals surface area (Å²) in [5, 5.41) is 0. The molecule has 0 amide bonds. The van der Waals surface area contributed by atoms with Crippen LogP contribution in [0.4, 0.5) is 0 Å². The minimum Gasteiger partial charge on any atom is -0.378 e. The molecule has 2 atom stereocenters. The predicted octanol–water partition coefficient (Wildman–Crippen LogP) is 2.21. The first-order valence-corrected chi connectivity index (χ1v) is 3.94. The van der Waals surface area contributed by atoms with Crippen molar-refractivity contribution >= 4 is 0 Å². The zero-order valence-electron chi connectivity index (χ0n) is 6.39. The molecule has 1 aliphatic rings. The molecule has 0 spiro atoms. The molecular weight excluding hydrogens is 112 g/mol. The quantitative estimate of drug-likeness (QED) is 0.526. The molecule has 1 nitrogen and oxygen atoms in total. The van der Waals surface area contributed by atoms with Crippen molar-refractivity contribution in [1.82, 2.24) is 0 Å². The van der Waals surface area contributed by atoms with Crippen LogP contribution in [-0.4, -0.2) is 12.7 Å². The number of rotatable bonds is 1. The number of hydrogen-bond donors (Lipinski definition) is 0. The second kappa shape index (κ2) is 3.21. The molecule has 0 aromatic carbocycles. The Labute approximate surface area is 57.4 Å². The molecule has 0 radical (unpaired) electrons. The van der Waals surface area contributed by atoms with Gasteiger partial charge >= 0.3 is 0 Å². The van der Waals surface area contributed by atoms with Gasteiger partial charge in [-0.15, -0.1) is 0 Å². The van der Waals surface area contributed by atoms with E-state index in [0.29, 0.717) is 6.10 Å². The van der Waals surface area contributed by atoms with Gasteiger partial charge < -0.3 is 4.74 Å². The smallest absolute Gasteiger partial charge is 0.0575 e. The third kappa shape index (κ3) is 1.98. The Balaban J connectivity index is 2.23. The Morgan fingerprint density at radius 2 is 2.33 bits per heavy atom. The molecule has 0 unspecified atom stereocenters. The van der Waals surface area contributed by atoms with Crippen molar-refractivity contribution in [3.8, 4) is 0 Å². The fraction of sp³-hybridized carbons (Fsp3) is 1.00. The molecule has 54 valence electrons. The van der Waals surface area contributed by atoms with Gasteiger partial charge in [-0.3, -0.25) is 0 Å². The van der Waals surface area contributed by atoms with Crippen molar-refractivity contribution in [2.75, 3.05) is 6.61 Å². The lowest BCUT2D eigenvalue weighted by molar-refractivity contribution is -0.00644. The normalized spacial score (nSPS) is 36.7.